The summed E-state index contributed by atoms with van der Waals surface area (Å²) >= 11 is 0. The Kier molecular flexibility index (Phi) is 14.2. The lowest BCUT2D eigenvalue weighted by atomic mass is 10.2. The summed E-state index contributed by atoms with van der Waals surface area (Å²) in [6, 6.07) is 0. The number of hydrogen-bond donors (Lipinski definition) is 0. The Balaban J connectivity index is 0. The second-order valence-electron chi connectivity index (χ2n) is 4.38. The summed E-state index contributed by atoms with van der Waals surface area (Å²) in [4.78, 5) is 20.6. The van der Waals surface area contributed by atoms with Crippen LogP contribution in [0.3, 0.4) is 0 Å². The summed E-state index contributed by atoms with van der Waals surface area (Å²) in [6.07, 6.45) is 3.04. The molecule has 0 fully saturated rings. The van der Waals surface area contributed by atoms with Gasteiger partial charge in [-0.3, -0.25) is 9.59 Å². The number of ether oxygens (including phenoxy) is 3. The number of carbonyl (C=O) groups is 2. The number of hydrogen-bond acceptors (Lipinski definition) is 5. The van der Waals surface area contributed by atoms with E-state index in [0.29, 0.717) is 6.61 Å². The van der Waals surface area contributed by atoms with Crippen LogP contribution >= 0.6 is 0 Å². The van der Waals surface area contributed by atoms with Crippen molar-refractivity contribution in [1.29, 1.82) is 0 Å². The van der Waals surface area contributed by atoms with Crippen LogP contribution in [-0.4, -0.2) is 37.9 Å². The third-order valence-corrected chi connectivity index (χ3v) is 2.29. The van der Waals surface area contributed by atoms with Crippen molar-refractivity contribution < 1.29 is 23.8 Å². The first kappa shape index (κ1) is 20.2. The molecule has 0 bridgehead atoms. The number of methoxy groups -OCH3 is 1. The van der Waals surface area contributed by atoms with Gasteiger partial charge in [0.1, 0.15) is 0 Å². The van der Waals surface area contributed by atoms with Gasteiger partial charge < -0.3 is 14.2 Å². The zero-order valence-corrected chi connectivity index (χ0v) is 13.0. The Labute approximate surface area is 116 Å². The van der Waals surface area contributed by atoms with Crippen LogP contribution in [0, 0.1) is 0 Å². The van der Waals surface area contributed by atoms with E-state index in [1.165, 1.54) is 13.8 Å². The molecule has 0 spiro atoms. The molecule has 2 unspecified atom stereocenters. The van der Waals surface area contributed by atoms with Crippen LogP contribution in [0.25, 0.3) is 0 Å². The van der Waals surface area contributed by atoms with Crippen molar-refractivity contribution >= 4 is 11.9 Å². The van der Waals surface area contributed by atoms with Gasteiger partial charge in [-0.1, -0.05) is 13.3 Å². The molecule has 0 N–H and O–H groups in total. The highest BCUT2D eigenvalue weighted by Crippen LogP contribution is 1.99. The Morgan fingerprint density at radius 1 is 1.00 bits per heavy atom. The minimum absolute atomic E-state index is 0.0903. The first-order valence-corrected chi connectivity index (χ1v) is 6.66. The molecule has 5 heteroatoms. The third kappa shape index (κ3) is 19.4. The van der Waals surface area contributed by atoms with E-state index in [2.05, 4.69) is 6.92 Å². The summed E-state index contributed by atoms with van der Waals surface area (Å²) in [7, 11) is 1.64. The molecule has 0 aliphatic rings. The largest absolute Gasteiger partial charge is 0.466 e. The van der Waals surface area contributed by atoms with Crippen molar-refractivity contribution in [1.82, 2.24) is 0 Å². The fourth-order valence-corrected chi connectivity index (χ4v) is 1.24. The van der Waals surface area contributed by atoms with E-state index >= 15 is 0 Å². The van der Waals surface area contributed by atoms with E-state index in [1.54, 1.807) is 7.11 Å². The fourth-order valence-electron chi connectivity index (χ4n) is 1.24. The maximum atomic E-state index is 10.3. The lowest BCUT2D eigenvalue weighted by molar-refractivity contribution is -0.145. The monoisotopic (exact) mass is 276 g/mol. The Morgan fingerprint density at radius 3 is 1.95 bits per heavy atom. The molecular weight excluding hydrogens is 248 g/mol. The van der Waals surface area contributed by atoms with Gasteiger partial charge in [-0.05, 0) is 20.3 Å². The topological polar surface area (TPSA) is 61.8 Å². The molecular formula is C14H28O5. The quantitative estimate of drug-likeness (QED) is 0.669. The molecule has 0 radical (unpaired) electrons. The van der Waals surface area contributed by atoms with Gasteiger partial charge in [-0.25, -0.2) is 0 Å². The zero-order valence-electron chi connectivity index (χ0n) is 13.0. The Bertz CT molecular complexity index is 240. The molecule has 114 valence electrons. The Hall–Kier alpha value is -1.10. The molecule has 0 aliphatic carbocycles. The van der Waals surface area contributed by atoms with Crippen LogP contribution in [0.4, 0.5) is 0 Å². The van der Waals surface area contributed by atoms with E-state index in [4.69, 9.17) is 14.2 Å². The normalized spacial score (nSPS) is 12.7. The van der Waals surface area contributed by atoms with Crippen LogP contribution in [0.1, 0.15) is 53.9 Å². The van der Waals surface area contributed by atoms with Gasteiger partial charge in [-0.2, -0.15) is 0 Å². The SMILES string of the molecule is CCCC(C)OC(C)=O.COC(C)CCOC(C)=O. The molecule has 0 saturated heterocycles. The van der Waals surface area contributed by atoms with Crippen molar-refractivity contribution in [2.24, 2.45) is 0 Å². The second-order valence-corrected chi connectivity index (χ2v) is 4.38. The molecule has 0 rings (SSSR count). The third-order valence-electron chi connectivity index (χ3n) is 2.29. The van der Waals surface area contributed by atoms with Crippen molar-refractivity contribution in [3.63, 3.8) is 0 Å². The fraction of sp³-hybridized carbons (Fsp3) is 0.857. The smallest absolute Gasteiger partial charge is 0.302 e. The predicted molar refractivity (Wildman–Crippen MR) is 73.9 cm³/mol. The zero-order chi connectivity index (χ0) is 15.3. The predicted octanol–water partition coefficient (Wildman–Crippen LogP) is 2.71. The van der Waals surface area contributed by atoms with Gasteiger partial charge in [-0.15, -0.1) is 0 Å². The standard InChI is InChI=1S/C7H14O3.C7H14O2/c1-6(9-3)4-5-10-7(2)8;1-4-5-6(2)9-7(3)8/h6H,4-5H2,1-3H3;6H,4-5H2,1-3H3. The first-order valence-electron chi connectivity index (χ1n) is 6.66. The molecule has 0 aromatic carbocycles. The molecule has 0 heterocycles. The maximum Gasteiger partial charge on any atom is 0.302 e. The maximum absolute atomic E-state index is 10.3. The lowest BCUT2D eigenvalue weighted by Crippen LogP contribution is -2.11. The second kappa shape index (κ2) is 13.3. The minimum atomic E-state index is -0.233. The molecule has 5 nitrogen and oxygen atoms in total. The van der Waals surface area contributed by atoms with Crippen LogP contribution in [0.15, 0.2) is 0 Å². The van der Waals surface area contributed by atoms with E-state index in [-0.39, 0.29) is 24.1 Å². The van der Waals surface area contributed by atoms with E-state index in [1.807, 2.05) is 13.8 Å². The van der Waals surface area contributed by atoms with E-state index < -0.39 is 0 Å². The van der Waals surface area contributed by atoms with Crippen molar-refractivity contribution in [3.05, 3.63) is 0 Å². The van der Waals surface area contributed by atoms with Gasteiger partial charge in [0.15, 0.2) is 0 Å². The van der Waals surface area contributed by atoms with E-state index in [0.717, 1.165) is 19.3 Å². The summed E-state index contributed by atoms with van der Waals surface area (Å²) in [6.45, 7) is 9.20. The highest BCUT2D eigenvalue weighted by molar-refractivity contribution is 5.66. The van der Waals surface area contributed by atoms with Crippen LogP contribution in [0.2, 0.25) is 0 Å². The summed E-state index contributed by atoms with van der Waals surface area (Å²) in [5.74, 6) is -0.417. The van der Waals surface area contributed by atoms with Crippen LogP contribution in [-0.2, 0) is 23.8 Å². The highest BCUT2D eigenvalue weighted by Gasteiger charge is 2.01. The number of rotatable bonds is 7. The molecule has 0 aromatic rings. The first-order chi connectivity index (χ1) is 8.83. The van der Waals surface area contributed by atoms with Gasteiger partial charge in [0.25, 0.3) is 0 Å². The van der Waals surface area contributed by atoms with Gasteiger partial charge in [0.05, 0.1) is 18.8 Å². The van der Waals surface area contributed by atoms with Gasteiger partial charge in [0.2, 0.25) is 0 Å². The number of esters is 2. The van der Waals surface area contributed by atoms with Gasteiger partial charge in [0, 0.05) is 27.4 Å². The molecule has 0 aromatic heterocycles. The minimum Gasteiger partial charge on any atom is -0.466 e. The average molecular weight is 276 g/mol. The van der Waals surface area contributed by atoms with Crippen molar-refractivity contribution in [3.8, 4) is 0 Å². The van der Waals surface area contributed by atoms with Crippen molar-refractivity contribution in [2.45, 2.75) is 66.1 Å². The molecule has 0 amide bonds. The number of carbonyl (C=O) groups excluding carboxylic acids is 2. The summed E-state index contributed by atoms with van der Waals surface area (Å²) in [5, 5.41) is 0. The molecule has 0 aliphatic heterocycles. The Morgan fingerprint density at radius 2 is 1.58 bits per heavy atom. The molecule has 0 saturated carbocycles. The van der Waals surface area contributed by atoms with Crippen LogP contribution < -0.4 is 0 Å². The highest BCUT2D eigenvalue weighted by atomic mass is 16.5. The van der Waals surface area contributed by atoms with Crippen LogP contribution in [0.5, 0.6) is 0 Å². The molecule has 2 atom stereocenters. The lowest BCUT2D eigenvalue weighted by Gasteiger charge is -2.08. The van der Waals surface area contributed by atoms with Gasteiger partial charge >= 0.3 is 11.9 Å². The summed E-state index contributed by atoms with van der Waals surface area (Å²) in [5.41, 5.74) is 0. The summed E-state index contributed by atoms with van der Waals surface area (Å²) < 4.78 is 14.5. The van der Waals surface area contributed by atoms with E-state index in [9.17, 15) is 9.59 Å². The average Bonchev–Trinajstić information content (AvgIpc) is 2.28. The van der Waals surface area contributed by atoms with Crippen molar-refractivity contribution in [2.75, 3.05) is 13.7 Å². The molecule has 19 heavy (non-hydrogen) atoms.